The van der Waals surface area contributed by atoms with Crippen LogP contribution in [-0.4, -0.2) is 75.2 Å². The number of carbonyl (C=O) groups excluding carboxylic acids is 1. The number of aromatic carboxylic acids is 1. The molecule has 150 valence electrons. The van der Waals surface area contributed by atoms with E-state index in [1.165, 1.54) is 28.7 Å². The lowest BCUT2D eigenvalue weighted by atomic mass is 10.1. The molecule has 3 rings (SSSR count). The number of nitrogens with zero attached hydrogens (tertiary/aromatic N) is 4. The van der Waals surface area contributed by atoms with Crippen LogP contribution >= 0.6 is 23.1 Å². The van der Waals surface area contributed by atoms with Crippen LogP contribution in [-0.2, 0) is 11.2 Å². The Labute approximate surface area is 172 Å². The molecule has 9 heteroatoms. The summed E-state index contributed by atoms with van der Waals surface area (Å²) in [7, 11) is 2.10. The van der Waals surface area contributed by atoms with Crippen LogP contribution in [0.5, 0.6) is 0 Å². The number of likely N-dealkylation sites (tertiary alicyclic amines) is 1. The molecule has 7 nitrogen and oxygen atoms in total. The van der Waals surface area contributed by atoms with Gasteiger partial charge < -0.3 is 14.9 Å². The third-order valence-corrected chi connectivity index (χ3v) is 6.77. The van der Waals surface area contributed by atoms with Gasteiger partial charge in [0, 0.05) is 55.6 Å². The van der Waals surface area contributed by atoms with Crippen LogP contribution in [0.15, 0.2) is 34.2 Å². The predicted molar refractivity (Wildman–Crippen MR) is 110 cm³/mol. The van der Waals surface area contributed by atoms with E-state index < -0.39 is 5.97 Å². The van der Waals surface area contributed by atoms with Gasteiger partial charge in [0.15, 0.2) is 10.0 Å². The summed E-state index contributed by atoms with van der Waals surface area (Å²) >= 11 is 2.84. The molecule has 1 aliphatic heterocycles. The van der Waals surface area contributed by atoms with Gasteiger partial charge in [0.1, 0.15) is 0 Å². The number of pyridine rings is 1. The Morgan fingerprint density at radius 2 is 2.21 bits per heavy atom. The second-order valence-corrected chi connectivity index (χ2v) is 9.00. The van der Waals surface area contributed by atoms with E-state index in [1.54, 1.807) is 5.38 Å². The maximum Gasteiger partial charge on any atom is 0.355 e. The zero-order valence-electron chi connectivity index (χ0n) is 15.8. The maximum atomic E-state index is 12.3. The first-order valence-electron chi connectivity index (χ1n) is 9.21. The van der Waals surface area contributed by atoms with E-state index in [4.69, 9.17) is 5.11 Å². The van der Waals surface area contributed by atoms with Crippen molar-refractivity contribution in [2.45, 2.75) is 29.6 Å². The molecule has 2 aromatic heterocycles. The Morgan fingerprint density at radius 1 is 1.43 bits per heavy atom. The number of amides is 1. The van der Waals surface area contributed by atoms with Crippen LogP contribution in [0, 0.1) is 0 Å². The van der Waals surface area contributed by atoms with Gasteiger partial charge in [-0.1, -0.05) is 11.8 Å². The largest absolute Gasteiger partial charge is 0.476 e. The van der Waals surface area contributed by atoms with E-state index in [0.717, 1.165) is 36.0 Å². The van der Waals surface area contributed by atoms with Crippen molar-refractivity contribution < 1.29 is 14.7 Å². The molecule has 1 fully saturated rings. The highest BCUT2D eigenvalue weighted by Crippen LogP contribution is 2.25. The average Bonchev–Trinajstić information content (AvgIpc) is 3.29. The van der Waals surface area contributed by atoms with Crippen LogP contribution < -0.4 is 0 Å². The number of thioether (sulfide) groups is 1. The van der Waals surface area contributed by atoms with Crippen molar-refractivity contribution in [3.63, 3.8) is 0 Å². The fourth-order valence-corrected chi connectivity index (χ4v) is 5.07. The van der Waals surface area contributed by atoms with Crippen LogP contribution in [0.25, 0.3) is 0 Å². The van der Waals surface area contributed by atoms with E-state index in [9.17, 15) is 9.59 Å². The van der Waals surface area contributed by atoms with Crippen LogP contribution in [0.2, 0.25) is 0 Å². The highest BCUT2D eigenvalue weighted by atomic mass is 32.2. The molecule has 1 aliphatic rings. The lowest BCUT2D eigenvalue weighted by molar-refractivity contribution is -0.128. The van der Waals surface area contributed by atoms with Crippen molar-refractivity contribution in [1.82, 2.24) is 19.8 Å². The van der Waals surface area contributed by atoms with E-state index in [2.05, 4.69) is 21.9 Å². The first-order valence-corrected chi connectivity index (χ1v) is 11.1. The third-order valence-electron chi connectivity index (χ3n) is 4.77. The number of hydrogen-bond acceptors (Lipinski definition) is 7. The summed E-state index contributed by atoms with van der Waals surface area (Å²) in [4.78, 5) is 35.6. The standard InChI is InChI=1S/C19H24N4O3S2/c1-22(9-6-14-4-7-20-8-5-14)12-15-2-3-17(24)23(15)10-11-27-19-21-16(13-28-19)18(25)26/h4-5,7-8,13,15H,2-3,6,9-12H2,1H3,(H,25,26)/t15-/m1/s1. The van der Waals surface area contributed by atoms with Crippen molar-refractivity contribution in [3.05, 3.63) is 41.2 Å². The summed E-state index contributed by atoms with van der Waals surface area (Å²) in [5.41, 5.74) is 1.35. The third kappa shape index (κ3) is 5.76. The quantitative estimate of drug-likeness (QED) is 0.591. The molecule has 0 spiro atoms. The van der Waals surface area contributed by atoms with Crippen LogP contribution in [0.3, 0.4) is 0 Å². The van der Waals surface area contributed by atoms with Gasteiger partial charge >= 0.3 is 5.97 Å². The number of carboxylic acid groups (broad SMARTS) is 1. The SMILES string of the molecule is CN(CCc1ccncc1)C[C@H]1CCC(=O)N1CCSc1nc(C(=O)O)cs1. The molecule has 1 N–H and O–H groups in total. The summed E-state index contributed by atoms with van der Waals surface area (Å²) in [6.07, 6.45) is 6.08. The molecular weight excluding hydrogens is 396 g/mol. The number of carboxylic acids is 1. The minimum absolute atomic E-state index is 0.0819. The highest BCUT2D eigenvalue weighted by Gasteiger charge is 2.31. The fraction of sp³-hybridized carbons (Fsp3) is 0.474. The van der Waals surface area contributed by atoms with Crippen molar-refractivity contribution >= 4 is 35.0 Å². The van der Waals surface area contributed by atoms with Gasteiger partial charge in [0.05, 0.1) is 0 Å². The van der Waals surface area contributed by atoms with Gasteiger partial charge in [0.25, 0.3) is 0 Å². The number of carbonyl (C=O) groups is 2. The molecule has 0 aliphatic carbocycles. The summed E-state index contributed by atoms with van der Waals surface area (Å²) in [5.74, 6) is -0.0820. The molecule has 1 atom stereocenters. The number of aromatic nitrogens is 2. The zero-order valence-corrected chi connectivity index (χ0v) is 17.4. The van der Waals surface area contributed by atoms with Gasteiger partial charge in [-0.05, 0) is 37.6 Å². The Kier molecular flexibility index (Phi) is 7.41. The minimum Gasteiger partial charge on any atom is -0.476 e. The second-order valence-electron chi connectivity index (χ2n) is 6.80. The predicted octanol–water partition coefficient (Wildman–Crippen LogP) is 2.49. The Hall–Kier alpha value is -1.97. The monoisotopic (exact) mass is 420 g/mol. The van der Waals surface area contributed by atoms with Crippen LogP contribution in [0.1, 0.15) is 28.9 Å². The number of likely N-dealkylation sites (N-methyl/N-ethyl adjacent to an activating group) is 1. The fourth-order valence-electron chi connectivity index (χ4n) is 3.26. The van der Waals surface area contributed by atoms with Gasteiger partial charge in [-0.3, -0.25) is 9.78 Å². The first-order chi connectivity index (χ1) is 13.5. The van der Waals surface area contributed by atoms with E-state index in [-0.39, 0.29) is 17.6 Å². The lowest BCUT2D eigenvalue weighted by Crippen LogP contribution is -2.42. The zero-order chi connectivity index (χ0) is 19.9. The summed E-state index contributed by atoms with van der Waals surface area (Å²) < 4.78 is 0.732. The Balaban J connectivity index is 1.44. The van der Waals surface area contributed by atoms with E-state index in [0.29, 0.717) is 13.0 Å². The molecule has 0 saturated carbocycles. The molecule has 0 radical (unpaired) electrons. The van der Waals surface area contributed by atoms with Crippen molar-refractivity contribution in [3.8, 4) is 0 Å². The van der Waals surface area contributed by atoms with Crippen molar-refractivity contribution in [2.75, 3.05) is 32.4 Å². The Morgan fingerprint density at radius 3 is 2.93 bits per heavy atom. The lowest BCUT2D eigenvalue weighted by Gasteiger charge is -2.28. The minimum atomic E-state index is -1.01. The summed E-state index contributed by atoms with van der Waals surface area (Å²) in [6, 6.07) is 4.30. The van der Waals surface area contributed by atoms with Gasteiger partial charge in [-0.15, -0.1) is 11.3 Å². The van der Waals surface area contributed by atoms with E-state index >= 15 is 0 Å². The van der Waals surface area contributed by atoms with E-state index in [1.807, 2.05) is 29.4 Å². The van der Waals surface area contributed by atoms with Crippen molar-refractivity contribution in [1.29, 1.82) is 0 Å². The highest BCUT2D eigenvalue weighted by molar-refractivity contribution is 8.01. The van der Waals surface area contributed by atoms with Gasteiger partial charge in [-0.2, -0.15) is 0 Å². The van der Waals surface area contributed by atoms with Crippen LogP contribution in [0.4, 0.5) is 0 Å². The molecule has 0 bridgehead atoms. The van der Waals surface area contributed by atoms with Crippen molar-refractivity contribution in [2.24, 2.45) is 0 Å². The Bertz CT molecular complexity index is 799. The molecule has 2 aromatic rings. The first kappa shape index (κ1) is 20.8. The summed E-state index contributed by atoms with van der Waals surface area (Å²) in [5, 5.41) is 10.5. The summed E-state index contributed by atoms with van der Waals surface area (Å²) in [6.45, 7) is 2.46. The number of thiazole rings is 1. The maximum absolute atomic E-state index is 12.3. The molecule has 3 heterocycles. The van der Waals surface area contributed by atoms with Gasteiger partial charge in [0.2, 0.25) is 5.91 Å². The normalized spacial score (nSPS) is 16.9. The molecule has 28 heavy (non-hydrogen) atoms. The molecule has 1 saturated heterocycles. The molecule has 0 unspecified atom stereocenters. The second kappa shape index (κ2) is 9.99. The molecule has 1 amide bonds. The number of rotatable bonds is 10. The molecular formula is C19H24N4O3S2. The number of hydrogen-bond donors (Lipinski definition) is 1. The average molecular weight is 421 g/mol. The molecule has 0 aromatic carbocycles. The van der Waals surface area contributed by atoms with Gasteiger partial charge in [-0.25, -0.2) is 9.78 Å². The smallest absolute Gasteiger partial charge is 0.355 e. The topological polar surface area (TPSA) is 86.6 Å².